The summed E-state index contributed by atoms with van der Waals surface area (Å²) < 4.78 is 0.973. The fourth-order valence-electron chi connectivity index (χ4n) is 2.40. The second kappa shape index (κ2) is 5.78. The number of likely N-dealkylation sites (tertiary alicyclic amines) is 1. The Morgan fingerprint density at radius 2 is 2.29 bits per heavy atom. The van der Waals surface area contributed by atoms with Gasteiger partial charge in [0.05, 0.1) is 0 Å². The summed E-state index contributed by atoms with van der Waals surface area (Å²) in [5.41, 5.74) is 0.818. The van der Waals surface area contributed by atoms with Crippen molar-refractivity contribution in [2.24, 2.45) is 0 Å². The number of piperidine rings is 1. The molecule has 0 N–H and O–H groups in total. The Balaban J connectivity index is 2.01. The minimum absolute atomic E-state index is 0.255. The maximum Gasteiger partial charge on any atom is 0.164 e. The van der Waals surface area contributed by atoms with E-state index >= 15 is 0 Å². The third-order valence-corrected chi connectivity index (χ3v) is 3.98. The van der Waals surface area contributed by atoms with E-state index in [0.717, 1.165) is 23.0 Å². The summed E-state index contributed by atoms with van der Waals surface area (Å²) in [6.45, 7) is 1.12. The standard InChI is InChI=1S/C14H18BrNO/c1-16-8-3-2-7-13(16)10-14(17)11-5-4-6-12(15)9-11/h4-6,9,13H,2-3,7-8,10H2,1H3. The van der Waals surface area contributed by atoms with Crippen molar-refractivity contribution >= 4 is 21.7 Å². The highest BCUT2D eigenvalue weighted by molar-refractivity contribution is 9.10. The first kappa shape index (κ1) is 12.8. The molecule has 17 heavy (non-hydrogen) atoms. The lowest BCUT2D eigenvalue weighted by atomic mass is 9.96. The van der Waals surface area contributed by atoms with Gasteiger partial charge in [-0.3, -0.25) is 4.79 Å². The fraction of sp³-hybridized carbons (Fsp3) is 0.500. The molecule has 3 heteroatoms. The van der Waals surface area contributed by atoms with Gasteiger partial charge in [0.25, 0.3) is 0 Å². The molecule has 1 aliphatic rings. The molecule has 0 aromatic heterocycles. The maximum atomic E-state index is 12.2. The van der Waals surface area contributed by atoms with Crippen molar-refractivity contribution in [2.45, 2.75) is 31.7 Å². The number of carbonyl (C=O) groups is 1. The molecular formula is C14H18BrNO. The minimum atomic E-state index is 0.255. The van der Waals surface area contributed by atoms with Crippen LogP contribution < -0.4 is 0 Å². The zero-order chi connectivity index (χ0) is 12.3. The predicted molar refractivity (Wildman–Crippen MR) is 73.4 cm³/mol. The lowest BCUT2D eigenvalue weighted by Crippen LogP contribution is -2.37. The molecule has 1 fully saturated rings. The van der Waals surface area contributed by atoms with Gasteiger partial charge in [-0.2, -0.15) is 0 Å². The first-order valence-corrected chi connectivity index (χ1v) is 6.95. The summed E-state index contributed by atoms with van der Waals surface area (Å²) in [7, 11) is 2.12. The van der Waals surface area contributed by atoms with Gasteiger partial charge in [0.2, 0.25) is 0 Å². The average molecular weight is 296 g/mol. The first-order valence-electron chi connectivity index (χ1n) is 6.16. The molecule has 1 aromatic rings. The van der Waals surface area contributed by atoms with E-state index < -0.39 is 0 Å². The van der Waals surface area contributed by atoms with Crippen molar-refractivity contribution < 1.29 is 4.79 Å². The van der Waals surface area contributed by atoms with Crippen LogP contribution in [0.5, 0.6) is 0 Å². The number of hydrogen-bond donors (Lipinski definition) is 0. The predicted octanol–water partition coefficient (Wildman–Crippen LogP) is 3.51. The first-order chi connectivity index (χ1) is 8.16. The Kier molecular flexibility index (Phi) is 4.35. The van der Waals surface area contributed by atoms with E-state index in [1.54, 1.807) is 0 Å². The SMILES string of the molecule is CN1CCCCC1CC(=O)c1cccc(Br)c1. The van der Waals surface area contributed by atoms with Crippen LogP contribution in [-0.4, -0.2) is 30.3 Å². The lowest BCUT2D eigenvalue weighted by molar-refractivity contribution is 0.0906. The average Bonchev–Trinajstić information content (AvgIpc) is 2.32. The molecule has 1 heterocycles. The fourth-order valence-corrected chi connectivity index (χ4v) is 2.80. The van der Waals surface area contributed by atoms with Crippen molar-refractivity contribution in [2.75, 3.05) is 13.6 Å². The molecular weight excluding hydrogens is 278 g/mol. The number of rotatable bonds is 3. The van der Waals surface area contributed by atoms with Crippen molar-refractivity contribution in [3.05, 3.63) is 34.3 Å². The summed E-state index contributed by atoms with van der Waals surface area (Å²) in [4.78, 5) is 14.5. The van der Waals surface area contributed by atoms with Gasteiger partial charge in [0, 0.05) is 22.5 Å². The van der Waals surface area contributed by atoms with Crippen LogP contribution in [-0.2, 0) is 0 Å². The number of halogens is 1. The van der Waals surface area contributed by atoms with Gasteiger partial charge < -0.3 is 4.90 Å². The molecule has 0 saturated carbocycles. The molecule has 1 atom stereocenters. The van der Waals surface area contributed by atoms with Crippen molar-refractivity contribution in [1.82, 2.24) is 4.90 Å². The van der Waals surface area contributed by atoms with E-state index in [2.05, 4.69) is 27.9 Å². The Labute approximate surface area is 111 Å². The minimum Gasteiger partial charge on any atom is -0.303 e. The number of carbonyl (C=O) groups excluding carboxylic acids is 1. The monoisotopic (exact) mass is 295 g/mol. The zero-order valence-electron chi connectivity index (χ0n) is 10.2. The summed E-state index contributed by atoms with van der Waals surface area (Å²) in [5.74, 6) is 0.255. The molecule has 0 radical (unpaired) electrons. The molecule has 1 aromatic carbocycles. The van der Waals surface area contributed by atoms with Crippen LogP contribution in [0.1, 0.15) is 36.0 Å². The molecule has 2 rings (SSSR count). The van der Waals surface area contributed by atoms with Gasteiger partial charge in [0.1, 0.15) is 0 Å². The third-order valence-electron chi connectivity index (χ3n) is 3.49. The summed E-state index contributed by atoms with van der Waals surface area (Å²) in [5, 5.41) is 0. The van der Waals surface area contributed by atoms with Crippen LogP contribution in [0.25, 0.3) is 0 Å². The van der Waals surface area contributed by atoms with Crippen molar-refractivity contribution in [1.29, 1.82) is 0 Å². The molecule has 1 unspecified atom stereocenters. The Morgan fingerprint density at radius 3 is 3.00 bits per heavy atom. The number of ketones is 1. The van der Waals surface area contributed by atoms with Gasteiger partial charge in [-0.25, -0.2) is 0 Å². The van der Waals surface area contributed by atoms with Crippen LogP contribution in [0.4, 0.5) is 0 Å². The zero-order valence-corrected chi connectivity index (χ0v) is 11.7. The van der Waals surface area contributed by atoms with E-state index in [4.69, 9.17) is 0 Å². The molecule has 0 spiro atoms. The van der Waals surface area contributed by atoms with Crippen LogP contribution in [0, 0.1) is 0 Å². The van der Waals surface area contributed by atoms with Gasteiger partial charge in [-0.15, -0.1) is 0 Å². The molecule has 1 saturated heterocycles. The van der Waals surface area contributed by atoms with Crippen LogP contribution in [0.2, 0.25) is 0 Å². The van der Waals surface area contributed by atoms with E-state index in [-0.39, 0.29) is 5.78 Å². The normalized spacial score (nSPS) is 21.4. The van der Waals surface area contributed by atoms with E-state index in [9.17, 15) is 4.79 Å². The number of Topliss-reactive ketones (excluding diaryl/α,β-unsaturated/α-hetero) is 1. The van der Waals surface area contributed by atoms with E-state index in [1.807, 2.05) is 24.3 Å². The summed E-state index contributed by atoms with van der Waals surface area (Å²) in [6.07, 6.45) is 4.31. The maximum absolute atomic E-state index is 12.2. The van der Waals surface area contributed by atoms with Gasteiger partial charge in [-0.05, 0) is 38.6 Å². The van der Waals surface area contributed by atoms with E-state index in [0.29, 0.717) is 12.5 Å². The highest BCUT2D eigenvalue weighted by atomic mass is 79.9. The van der Waals surface area contributed by atoms with Gasteiger partial charge >= 0.3 is 0 Å². The summed E-state index contributed by atoms with van der Waals surface area (Å²) in [6, 6.07) is 8.10. The quantitative estimate of drug-likeness (QED) is 0.796. The molecule has 0 amide bonds. The molecule has 2 nitrogen and oxygen atoms in total. The second-order valence-electron chi connectivity index (χ2n) is 4.77. The van der Waals surface area contributed by atoms with E-state index in [1.165, 1.54) is 12.8 Å². The van der Waals surface area contributed by atoms with Crippen molar-refractivity contribution in [3.63, 3.8) is 0 Å². The highest BCUT2D eigenvalue weighted by Gasteiger charge is 2.22. The van der Waals surface area contributed by atoms with Gasteiger partial charge in [0.15, 0.2) is 5.78 Å². The molecule has 0 aliphatic carbocycles. The number of nitrogens with zero attached hydrogens (tertiary/aromatic N) is 1. The van der Waals surface area contributed by atoms with Crippen molar-refractivity contribution in [3.8, 4) is 0 Å². The Hall–Kier alpha value is -0.670. The summed E-state index contributed by atoms with van der Waals surface area (Å²) >= 11 is 3.40. The Bertz CT molecular complexity index is 405. The topological polar surface area (TPSA) is 20.3 Å². The number of hydrogen-bond acceptors (Lipinski definition) is 2. The lowest BCUT2D eigenvalue weighted by Gasteiger charge is -2.31. The Morgan fingerprint density at radius 1 is 1.47 bits per heavy atom. The molecule has 1 aliphatic heterocycles. The smallest absolute Gasteiger partial charge is 0.164 e. The third kappa shape index (κ3) is 3.39. The van der Waals surface area contributed by atoms with Crippen LogP contribution in [0.3, 0.4) is 0 Å². The number of benzene rings is 1. The highest BCUT2D eigenvalue weighted by Crippen LogP contribution is 2.20. The molecule has 92 valence electrons. The second-order valence-corrected chi connectivity index (χ2v) is 5.68. The largest absolute Gasteiger partial charge is 0.303 e. The van der Waals surface area contributed by atoms with Gasteiger partial charge in [-0.1, -0.05) is 34.5 Å². The van der Waals surface area contributed by atoms with Crippen LogP contribution >= 0.6 is 15.9 Å². The van der Waals surface area contributed by atoms with Crippen LogP contribution in [0.15, 0.2) is 28.7 Å². The molecule has 0 bridgehead atoms.